The van der Waals surface area contributed by atoms with Gasteiger partial charge < -0.3 is 5.73 Å². The van der Waals surface area contributed by atoms with Crippen molar-refractivity contribution in [3.8, 4) is 22.5 Å². The third kappa shape index (κ3) is 3.43. The SMILES string of the molecule is CCC(CC)n1cc(-c2nc(-c3cnn(CCCN)c3)cn3nccc23)cn1. The molecule has 0 aliphatic carbocycles. The highest BCUT2D eigenvalue weighted by Gasteiger charge is 2.15. The first-order chi connectivity index (χ1) is 13.7. The second kappa shape index (κ2) is 7.93. The molecule has 0 amide bonds. The molecule has 0 bridgehead atoms. The number of rotatable bonds is 8. The topological polar surface area (TPSA) is 91.8 Å². The van der Waals surface area contributed by atoms with E-state index in [9.17, 15) is 0 Å². The smallest absolute Gasteiger partial charge is 0.0999 e. The van der Waals surface area contributed by atoms with Crippen LogP contribution in [0.25, 0.3) is 28.0 Å². The molecule has 0 radical (unpaired) electrons. The predicted molar refractivity (Wildman–Crippen MR) is 109 cm³/mol. The Labute approximate surface area is 164 Å². The summed E-state index contributed by atoms with van der Waals surface area (Å²) in [5, 5.41) is 13.4. The van der Waals surface area contributed by atoms with Gasteiger partial charge in [0, 0.05) is 30.1 Å². The van der Waals surface area contributed by atoms with Crippen molar-refractivity contribution in [2.45, 2.75) is 45.7 Å². The molecule has 4 aromatic heterocycles. The molecule has 8 nitrogen and oxygen atoms in total. The Morgan fingerprint density at radius 3 is 2.61 bits per heavy atom. The largest absolute Gasteiger partial charge is 0.330 e. The molecule has 0 atom stereocenters. The van der Waals surface area contributed by atoms with Crippen LogP contribution in [0.1, 0.15) is 39.2 Å². The summed E-state index contributed by atoms with van der Waals surface area (Å²) in [6.07, 6.45) is 14.5. The summed E-state index contributed by atoms with van der Waals surface area (Å²) in [7, 11) is 0. The van der Waals surface area contributed by atoms with Crippen LogP contribution in [0, 0.1) is 0 Å². The van der Waals surface area contributed by atoms with Gasteiger partial charge in [-0.1, -0.05) is 13.8 Å². The van der Waals surface area contributed by atoms with E-state index in [0.717, 1.165) is 53.8 Å². The Kier molecular flexibility index (Phi) is 5.21. The van der Waals surface area contributed by atoms with E-state index in [-0.39, 0.29) is 0 Å². The van der Waals surface area contributed by atoms with Crippen molar-refractivity contribution in [2.75, 3.05) is 6.54 Å². The van der Waals surface area contributed by atoms with Crippen LogP contribution >= 0.6 is 0 Å². The first kappa shape index (κ1) is 18.4. The van der Waals surface area contributed by atoms with Crippen LogP contribution < -0.4 is 5.73 Å². The molecule has 0 aliphatic heterocycles. The summed E-state index contributed by atoms with van der Waals surface area (Å²) in [4.78, 5) is 4.94. The molecular formula is C20H26N8. The van der Waals surface area contributed by atoms with E-state index in [1.165, 1.54) is 0 Å². The molecule has 0 aliphatic rings. The van der Waals surface area contributed by atoms with Crippen LogP contribution in [0.2, 0.25) is 0 Å². The Balaban J connectivity index is 1.75. The first-order valence-electron chi connectivity index (χ1n) is 9.85. The lowest BCUT2D eigenvalue weighted by molar-refractivity contribution is 0.428. The van der Waals surface area contributed by atoms with Gasteiger partial charge in [0.25, 0.3) is 0 Å². The van der Waals surface area contributed by atoms with Gasteiger partial charge in [0.15, 0.2) is 0 Å². The van der Waals surface area contributed by atoms with Gasteiger partial charge in [-0.15, -0.1) is 0 Å². The highest BCUT2D eigenvalue weighted by atomic mass is 15.3. The average Bonchev–Trinajstić information content (AvgIpc) is 3.46. The number of aryl methyl sites for hydroxylation is 1. The normalized spacial score (nSPS) is 11.7. The fourth-order valence-corrected chi connectivity index (χ4v) is 3.47. The zero-order valence-electron chi connectivity index (χ0n) is 16.4. The summed E-state index contributed by atoms with van der Waals surface area (Å²) in [5.74, 6) is 0. The van der Waals surface area contributed by atoms with Crippen LogP contribution in [0.5, 0.6) is 0 Å². The molecule has 8 heteroatoms. The van der Waals surface area contributed by atoms with Crippen LogP contribution in [0.15, 0.2) is 43.2 Å². The van der Waals surface area contributed by atoms with Crippen molar-refractivity contribution >= 4 is 5.52 Å². The Hall–Kier alpha value is -3.00. The second-order valence-electron chi connectivity index (χ2n) is 6.95. The van der Waals surface area contributed by atoms with Gasteiger partial charge in [-0.05, 0) is 31.9 Å². The van der Waals surface area contributed by atoms with Crippen molar-refractivity contribution in [3.63, 3.8) is 0 Å². The van der Waals surface area contributed by atoms with Crippen molar-refractivity contribution in [1.29, 1.82) is 0 Å². The number of fused-ring (bicyclic) bond motifs is 1. The monoisotopic (exact) mass is 378 g/mol. The molecule has 0 saturated heterocycles. The number of aromatic nitrogens is 7. The number of nitrogens with two attached hydrogens (primary N) is 1. The maximum Gasteiger partial charge on any atom is 0.0999 e. The second-order valence-corrected chi connectivity index (χ2v) is 6.95. The minimum absolute atomic E-state index is 0.402. The third-order valence-corrected chi connectivity index (χ3v) is 5.10. The Bertz CT molecular complexity index is 1050. The zero-order chi connectivity index (χ0) is 19.5. The molecule has 0 fully saturated rings. The van der Waals surface area contributed by atoms with E-state index in [2.05, 4.69) is 35.3 Å². The van der Waals surface area contributed by atoms with Crippen molar-refractivity contribution in [2.24, 2.45) is 5.73 Å². The maximum atomic E-state index is 5.60. The summed E-state index contributed by atoms with van der Waals surface area (Å²) < 4.78 is 5.81. The van der Waals surface area contributed by atoms with Crippen LogP contribution in [0.3, 0.4) is 0 Å². The van der Waals surface area contributed by atoms with Gasteiger partial charge in [0.05, 0.1) is 47.7 Å². The molecule has 2 N–H and O–H groups in total. The average molecular weight is 378 g/mol. The first-order valence-corrected chi connectivity index (χ1v) is 9.85. The van der Waals surface area contributed by atoms with Gasteiger partial charge in [-0.3, -0.25) is 9.36 Å². The molecule has 4 heterocycles. The van der Waals surface area contributed by atoms with E-state index in [4.69, 9.17) is 10.7 Å². The lowest BCUT2D eigenvalue weighted by atomic mass is 10.1. The minimum Gasteiger partial charge on any atom is -0.330 e. The number of hydrogen-bond donors (Lipinski definition) is 1. The standard InChI is InChI=1S/C20H26N8/c1-3-17(4-2)27-13-16(11-24-27)20-19-6-8-22-28(19)14-18(25-20)15-10-23-26(12-15)9-5-7-21/h6,8,10-14,17H,3-5,7,9,21H2,1-2H3. The van der Waals surface area contributed by atoms with E-state index >= 15 is 0 Å². The third-order valence-electron chi connectivity index (χ3n) is 5.10. The van der Waals surface area contributed by atoms with Crippen LogP contribution in [-0.4, -0.2) is 40.7 Å². The highest BCUT2D eigenvalue weighted by molar-refractivity contribution is 5.78. The van der Waals surface area contributed by atoms with Crippen molar-refractivity contribution in [3.05, 3.63) is 43.2 Å². The van der Waals surface area contributed by atoms with E-state index in [0.29, 0.717) is 12.6 Å². The van der Waals surface area contributed by atoms with Gasteiger partial charge in [0.2, 0.25) is 0 Å². The van der Waals surface area contributed by atoms with Gasteiger partial charge >= 0.3 is 0 Å². The molecule has 0 unspecified atom stereocenters. The summed E-state index contributed by atoms with van der Waals surface area (Å²) in [5.41, 5.74) is 10.2. The fraction of sp³-hybridized carbons (Fsp3) is 0.400. The lowest BCUT2D eigenvalue weighted by Crippen LogP contribution is -2.06. The summed E-state index contributed by atoms with van der Waals surface area (Å²) in [6, 6.07) is 2.38. The lowest BCUT2D eigenvalue weighted by Gasteiger charge is -2.12. The number of hydrogen-bond acceptors (Lipinski definition) is 5. The fourth-order valence-electron chi connectivity index (χ4n) is 3.47. The highest BCUT2D eigenvalue weighted by Crippen LogP contribution is 2.27. The Morgan fingerprint density at radius 2 is 1.82 bits per heavy atom. The van der Waals surface area contributed by atoms with Crippen molar-refractivity contribution in [1.82, 2.24) is 34.2 Å². The quantitative estimate of drug-likeness (QED) is 0.508. The van der Waals surface area contributed by atoms with Crippen LogP contribution in [0.4, 0.5) is 0 Å². The summed E-state index contributed by atoms with van der Waals surface area (Å²) in [6.45, 7) is 5.82. The number of nitrogens with zero attached hydrogens (tertiary/aromatic N) is 7. The molecule has 4 rings (SSSR count). The molecule has 0 spiro atoms. The maximum absolute atomic E-state index is 5.60. The zero-order valence-corrected chi connectivity index (χ0v) is 16.4. The summed E-state index contributed by atoms with van der Waals surface area (Å²) >= 11 is 0. The van der Waals surface area contributed by atoms with Gasteiger partial charge in [-0.2, -0.15) is 15.3 Å². The van der Waals surface area contributed by atoms with Gasteiger partial charge in [-0.25, -0.2) is 9.50 Å². The molecule has 28 heavy (non-hydrogen) atoms. The molecule has 0 aromatic carbocycles. The van der Waals surface area contributed by atoms with Gasteiger partial charge in [0.1, 0.15) is 0 Å². The van der Waals surface area contributed by atoms with E-state index in [1.807, 2.05) is 44.7 Å². The molecule has 4 aromatic rings. The molecule has 0 saturated carbocycles. The van der Waals surface area contributed by atoms with E-state index in [1.54, 1.807) is 6.20 Å². The molecule has 146 valence electrons. The minimum atomic E-state index is 0.402. The van der Waals surface area contributed by atoms with Crippen molar-refractivity contribution < 1.29 is 0 Å². The van der Waals surface area contributed by atoms with E-state index < -0.39 is 0 Å². The van der Waals surface area contributed by atoms with Crippen LogP contribution in [-0.2, 0) is 6.54 Å². The Morgan fingerprint density at radius 1 is 1.00 bits per heavy atom. The predicted octanol–water partition coefficient (Wildman–Crippen LogP) is 3.17. The molecular weight excluding hydrogens is 352 g/mol.